The fraction of sp³-hybridized carbons (Fsp3) is 0.312. The first kappa shape index (κ1) is 32.0. The Morgan fingerprint density at radius 3 is 2.07 bits per heavy atom. The Morgan fingerprint density at radius 2 is 1.44 bits per heavy atom. The summed E-state index contributed by atoms with van der Waals surface area (Å²) in [6, 6.07) is 14.4. The molecule has 1 saturated heterocycles. The van der Waals surface area contributed by atoms with Crippen molar-refractivity contribution in [1.29, 1.82) is 0 Å². The molecule has 4 aromatic rings. The normalized spacial score (nSPS) is 15.0. The van der Waals surface area contributed by atoms with Crippen molar-refractivity contribution in [2.75, 3.05) is 31.1 Å². The van der Waals surface area contributed by atoms with Gasteiger partial charge in [-0.25, -0.2) is 18.0 Å². The summed E-state index contributed by atoms with van der Waals surface area (Å²) in [5.41, 5.74) is 4.65. The topological polar surface area (TPSA) is 76.5 Å². The van der Waals surface area contributed by atoms with Crippen LogP contribution in [0.25, 0.3) is 0 Å². The molecular weight excluding hydrogens is 600 g/mol. The number of piperazine rings is 1. The third-order valence-electron chi connectivity index (χ3n) is 8.07. The van der Waals surface area contributed by atoms with Crippen LogP contribution in [0.5, 0.6) is 0 Å². The maximum atomic E-state index is 14.7. The number of benzene rings is 3. The van der Waals surface area contributed by atoms with Gasteiger partial charge in [-0.3, -0.25) is 18.8 Å². The number of alkyl halides is 3. The molecule has 0 saturated carbocycles. The summed E-state index contributed by atoms with van der Waals surface area (Å²) >= 11 is 0. The second-order valence-electron chi connectivity index (χ2n) is 11.0. The lowest BCUT2D eigenvalue weighted by Crippen LogP contribution is -2.51. The Kier molecular flexibility index (Phi) is 9.21. The second kappa shape index (κ2) is 12.9. The van der Waals surface area contributed by atoms with E-state index in [1.807, 2.05) is 4.90 Å². The average molecular weight is 632 g/mol. The quantitative estimate of drug-likeness (QED) is 0.282. The molecule has 3 aromatic carbocycles. The van der Waals surface area contributed by atoms with Crippen LogP contribution in [-0.4, -0.2) is 40.2 Å². The van der Waals surface area contributed by atoms with E-state index in [-0.39, 0.29) is 48.7 Å². The molecule has 1 aromatic heterocycles. The highest BCUT2D eigenvalue weighted by Crippen LogP contribution is 2.32. The van der Waals surface area contributed by atoms with E-state index in [0.29, 0.717) is 18.7 Å². The highest BCUT2D eigenvalue weighted by molar-refractivity contribution is 5.50. The van der Waals surface area contributed by atoms with Crippen molar-refractivity contribution >= 4 is 5.69 Å². The SMILES string of the molecule is Cc1c(N2CCN(Cc3ccc(F)c(C(F)(F)F)c3)CC2)c(=O)n(C[C@@H](N)c2ccccc2)c(=O)n1Cc1c(F)cccc1F. The minimum Gasteiger partial charge on any atom is -0.363 e. The summed E-state index contributed by atoms with van der Waals surface area (Å²) in [5, 5.41) is 0. The van der Waals surface area contributed by atoms with E-state index in [1.54, 1.807) is 35.2 Å². The van der Waals surface area contributed by atoms with Crippen LogP contribution in [0.3, 0.4) is 0 Å². The van der Waals surface area contributed by atoms with Crippen LogP contribution < -0.4 is 21.9 Å². The molecule has 2 heterocycles. The lowest BCUT2D eigenvalue weighted by molar-refractivity contribution is -0.140. The first-order valence-electron chi connectivity index (χ1n) is 14.3. The zero-order valence-electron chi connectivity index (χ0n) is 24.3. The molecule has 0 unspecified atom stereocenters. The Bertz CT molecular complexity index is 1780. The highest BCUT2D eigenvalue weighted by Gasteiger charge is 2.34. The minimum absolute atomic E-state index is 0.123. The van der Waals surface area contributed by atoms with Crippen molar-refractivity contribution in [2.45, 2.75) is 38.8 Å². The molecule has 1 fully saturated rings. The number of anilines is 1. The van der Waals surface area contributed by atoms with Gasteiger partial charge in [0.2, 0.25) is 0 Å². The van der Waals surface area contributed by atoms with E-state index in [0.717, 1.165) is 33.4 Å². The minimum atomic E-state index is -4.83. The van der Waals surface area contributed by atoms with Crippen molar-refractivity contribution in [1.82, 2.24) is 14.0 Å². The number of hydrogen-bond donors (Lipinski definition) is 1. The molecular formula is C32H31F6N5O2. The van der Waals surface area contributed by atoms with Gasteiger partial charge >= 0.3 is 11.9 Å². The molecule has 0 amide bonds. The van der Waals surface area contributed by atoms with Gasteiger partial charge in [0, 0.05) is 50.0 Å². The van der Waals surface area contributed by atoms with Crippen LogP contribution in [0.15, 0.2) is 76.3 Å². The largest absolute Gasteiger partial charge is 0.419 e. The number of halogens is 6. The zero-order chi connectivity index (χ0) is 32.5. The molecule has 0 bridgehead atoms. The van der Waals surface area contributed by atoms with Crippen LogP contribution in [0.2, 0.25) is 0 Å². The molecule has 2 N–H and O–H groups in total. The highest BCUT2D eigenvalue weighted by atomic mass is 19.4. The van der Waals surface area contributed by atoms with E-state index >= 15 is 0 Å². The first-order chi connectivity index (χ1) is 21.3. The van der Waals surface area contributed by atoms with Crippen LogP contribution in [-0.2, 0) is 25.8 Å². The first-order valence-corrected chi connectivity index (χ1v) is 14.3. The van der Waals surface area contributed by atoms with Crippen molar-refractivity contribution < 1.29 is 26.3 Å². The monoisotopic (exact) mass is 631 g/mol. The number of hydrogen-bond acceptors (Lipinski definition) is 5. The van der Waals surface area contributed by atoms with E-state index in [1.165, 1.54) is 19.1 Å². The third kappa shape index (κ3) is 6.84. The summed E-state index contributed by atoms with van der Waals surface area (Å²) in [5.74, 6) is -3.03. The van der Waals surface area contributed by atoms with Crippen LogP contribution in [0.4, 0.5) is 32.0 Å². The van der Waals surface area contributed by atoms with Gasteiger partial charge in [0.05, 0.1) is 18.7 Å². The molecule has 45 heavy (non-hydrogen) atoms. The lowest BCUT2D eigenvalue weighted by atomic mass is 10.1. The maximum absolute atomic E-state index is 14.7. The third-order valence-corrected chi connectivity index (χ3v) is 8.07. The summed E-state index contributed by atoms with van der Waals surface area (Å²) in [7, 11) is 0. The predicted molar refractivity (Wildman–Crippen MR) is 157 cm³/mol. The van der Waals surface area contributed by atoms with Gasteiger partial charge in [0.1, 0.15) is 23.1 Å². The van der Waals surface area contributed by atoms with Gasteiger partial charge < -0.3 is 10.6 Å². The molecule has 13 heteroatoms. The fourth-order valence-corrected chi connectivity index (χ4v) is 5.62. The molecule has 0 radical (unpaired) electrons. The van der Waals surface area contributed by atoms with E-state index in [4.69, 9.17) is 5.73 Å². The van der Waals surface area contributed by atoms with Crippen LogP contribution >= 0.6 is 0 Å². The van der Waals surface area contributed by atoms with Crippen molar-refractivity contribution in [3.63, 3.8) is 0 Å². The lowest BCUT2D eigenvalue weighted by Gasteiger charge is -2.37. The molecule has 238 valence electrons. The van der Waals surface area contributed by atoms with Gasteiger partial charge in [0.25, 0.3) is 5.56 Å². The zero-order valence-corrected chi connectivity index (χ0v) is 24.3. The maximum Gasteiger partial charge on any atom is 0.419 e. The Balaban J connectivity index is 1.46. The van der Waals surface area contributed by atoms with Crippen molar-refractivity contribution in [3.05, 3.63) is 133 Å². The van der Waals surface area contributed by atoms with Gasteiger partial charge in [-0.05, 0) is 42.3 Å². The Labute approximate surface area is 254 Å². The van der Waals surface area contributed by atoms with Gasteiger partial charge in [-0.2, -0.15) is 13.2 Å². The summed E-state index contributed by atoms with van der Waals surface area (Å²) in [4.78, 5) is 31.2. The van der Waals surface area contributed by atoms with Crippen molar-refractivity contribution in [2.24, 2.45) is 5.73 Å². The molecule has 7 nitrogen and oxygen atoms in total. The standard InChI is InChI=1S/C32H31F6N5O2/c1-20-29(41-14-12-40(13-15-41)17-21-10-11-27(35)24(16-21)32(36,37)38)30(44)43(19-28(39)22-6-3-2-4-7-22)31(45)42(20)18-23-25(33)8-5-9-26(23)34/h2-11,16,28H,12-15,17-19,39H2,1H3/t28-/m1/s1. The van der Waals surface area contributed by atoms with E-state index in [9.17, 15) is 35.9 Å². The van der Waals surface area contributed by atoms with Crippen molar-refractivity contribution in [3.8, 4) is 0 Å². The molecule has 1 aliphatic heterocycles. The number of aromatic nitrogens is 2. The summed E-state index contributed by atoms with van der Waals surface area (Å²) < 4.78 is 84.8. The van der Waals surface area contributed by atoms with Gasteiger partial charge in [0.15, 0.2) is 0 Å². The summed E-state index contributed by atoms with van der Waals surface area (Å²) in [6.45, 7) is 2.19. The van der Waals surface area contributed by atoms with E-state index < -0.39 is 53.0 Å². The van der Waals surface area contributed by atoms with Crippen LogP contribution in [0.1, 0.15) is 34.0 Å². The van der Waals surface area contributed by atoms with Gasteiger partial charge in [-0.1, -0.05) is 42.5 Å². The predicted octanol–water partition coefficient (Wildman–Crippen LogP) is 4.83. The Hall–Kier alpha value is -4.36. The number of nitrogens with two attached hydrogens (primary N) is 1. The summed E-state index contributed by atoms with van der Waals surface area (Å²) in [6.07, 6.45) is -4.83. The molecule has 1 aliphatic rings. The Morgan fingerprint density at radius 1 is 0.800 bits per heavy atom. The van der Waals surface area contributed by atoms with Crippen LogP contribution in [0, 0.1) is 24.4 Å². The number of rotatable bonds is 8. The molecule has 0 aliphatic carbocycles. The molecule has 0 spiro atoms. The average Bonchev–Trinajstić information content (AvgIpc) is 3.00. The smallest absolute Gasteiger partial charge is 0.363 e. The van der Waals surface area contributed by atoms with Gasteiger partial charge in [-0.15, -0.1) is 0 Å². The fourth-order valence-electron chi connectivity index (χ4n) is 5.62. The molecule has 5 rings (SSSR count). The van der Waals surface area contributed by atoms with E-state index in [2.05, 4.69) is 0 Å². The second-order valence-corrected chi connectivity index (χ2v) is 11.0. The number of nitrogens with zero attached hydrogens (tertiary/aromatic N) is 4. The molecule has 1 atom stereocenters.